The molecule has 2 rings (SSSR count). The molecule has 1 heterocycles. The third kappa shape index (κ3) is 3.86. The van der Waals surface area contributed by atoms with Crippen LogP contribution in [-0.2, 0) is 6.54 Å². The van der Waals surface area contributed by atoms with Crippen molar-refractivity contribution < 1.29 is 9.53 Å². The summed E-state index contributed by atoms with van der Waals surface area (Å²) in [5.74, 6) is 0.397. The van der Waals surface area contributed by atoms with Gasteiger partial charge in [-0.3, -0.25) is 4.79 Å². The molecule has 1 amide bonds. The van der Waals surface area contributed by atoms with E-state index in [1.165, 1.54) is 0 Å². The molecule has 0 radical (unpaired) electrons. The van der Waals surface area contributed by atoms with Crippen molar-refractivity contribution in [3.8, 4) is 5.88 Å². The van der Waals surface area contributed by atoms with E-state index in [0.29, 0.717) is 28.7 Å². The summed E-state index contributed by atoms with van der Waals surface area (Å²) in [5.41, 5.74) is 2.04. The lowest BCUT2D eigenvalue weighted by Crippen LogP contribution is -2.17. The molecule has 0 atom stereocenters. The lowest BCUT2D eigenvalue weighted by atomic mass is 10.2. The van der Waals surface area contributed by atoms with Gasteiger partial charge in [-0.2, -0.15) is 0 Å². The van der Waals surface area contributed by atoms with Gasteiger partial charge < -0.3 is 15.4 Å². The molecule has 2 aromatic rings. The maximum atomic E-state index is 11.6. The van der Waals surface area contributed by atoms with Gasteiger partial charge in [-0.15, -0.1) is 0 Å². The topological polar surface area (TPSA) is 63.2 Å². The first-order valence-electron chi connectivity index (χ1n) is 6.39. The van der Waals surface area contributed by atoms with Crippen LogP contribution in [0.4, 0.5) is 5.69 Å². The molecule has 0 spiro atoms. The lowest BCUT2D eigenvalue weighted by molar-refractivity contribution is 0.0963. The summed E-state index contributed by atoms with van der Waals surface area (Å²) in [6, 6.07) is 10.6. The Labute approximate surface area is 128 Å². The number of aromatic nitrogens is 1. The summed E-state index contributed by atoms with van der Waals surface area (Å²) in [6.07, 6.45) is 0. The van der Waals surface area contributed by atoms with Crippen molar-refractivity contribution in [2.75, 3.05) is 19.5 Å². The van der Waals surface area contributed by atoms with Crippen molar-refractivity contribution >= 4 is 23.2 Å². The fourth-order valence-corrected chi connectivity index (χ4v) is 1.99. The van der Waals surface area contributed by atoms with E-state index in [2.05, 4.69) is 15.6 Å². The van der Waals surface area contributed by atoms with Crippen LogP contribution >= 0.6 is 11.6 Å². The zero-order valence-electron chi connectivity index (χ0n) is 11.8. The van der Waals surface area contributed by atoms with E-state index in [-0.39, 0.29) is 5.91 Å². The minimum atomic E-state index is -0.158. The molecule has 5 nitrogen and oxygen atoms in total. The van der Waals surface area contributed by atoms with Crippen LogP contribution < -0.4 is 15.4 Å². The SMILES string of the molecule is CNC(=O)c1ccc(Cl)c(NCc2cccc(OC)n2)c1. The second-order valence-electron chi connectivity index (χ2n) is 4.30. The molecule has 1 aromatic heterocycles. The maximum absolute atomic E-state index is 11.6. The van der Waals surface area contributed by atoms with Crippen molar-refractivity contribution in [2.45, 2.75) is 6.54 Å². The molecular weight excluding hydrogens is 290 g/mol. The van der Waals surface area contributed by atoms with Gasteiger partial charge >= 0.3 is 0 Å². The zero-order valence-corrected chi connectivity index (χ0v) is 12.6. The number of amides is 1. The number of carbonyl (C=O) groups excluding carboxylic acids is 1. The number of halogens is 1. The van der Waals surface area contributed by atoms with Crippen LogP contribution in [0, 0.1) is 0 Å². The number of anilines is 1. The van der Waals surface area contributed by atoms with Gasteiger partial charge in [-0.25, -0.2) is 4.98 Å². The zero-order chi connectivity index (χ0) is 15.2. The first-order valence-corrected chi connectivity index (χ1v) is 6.77. The highest BCUT2D eigenvalue weighted by Gasteiger charge is 2.07. The molecule has 0 saturated carbocycles. The minimum Gasteiger partial charge on any atom is -0.481 e. The number of pyridine rings is 1. The number of hydrogen-bond acceptors (Lipinski definition) is 4. The Bertz CT molecular complexity index is 647. The van der Waals surface area contributed by atoms with E-state index < -0.39 is 0 Å². The van der Waals surface area contributed by atoms with Gasteiger partial charge in [0.1, 0.15) is 0 Å². The highest BCUT2D eigenvalue weighted by molar-refractivity contribution is 6.33. The van der Waals surface area contributed by atoms with Gasteiger partial charge in [0, 0.05) is 18.7 Å². The molecule has 0 unspecified atom stereocenters. The minimum absolute atomic E-state index is 0.158. The van der Waals surface area contributed by atoms with E-state index >= 15 is 0 Å². The molecule has 0 fully saturated rings. The smallest absolute Gasteiger partial charge is 0.251 e. The van der Waals surface area contributed by atoms with Gasteiger partial charge in [0.05, 0.1) is 30.1 Å². The molecule has 110 valence electrons. The monoisotopic (exact) mass is 305 g/mol. The molecule has 21 heavy (non-hydrogen) atoms. The van der Waals surface area contributed by atoms with Crippen LogP contribution in [0.1, 0.15) is 16.1 Å². The summed E-state index contributed by atoms with van der Waals surface area (Å²) < 4.78 is 5.08. The van der Waals surface area contributed by atoms with Crippen molar-refractivity contribution in [1.29, 1.82) is 0 Å². The van der Waals surface area contributed by atoms with Crippen LogP contribution in [0.3, 0.4) is 0 Å². The van der Waals surface area contributed by atoms with Gasteiger partial charge in [-0.05, 0) is 24.3 Å². The van der Waals surface area contributed by atoms with Crippen LogP contribution in [-0.4, -0.2) is 25.0 Å². The van der Waals surface area contributed by atoms with E-state index in [9.17, 15) is 4.79 Å². The number of nitrogens with zero attached hydrogens (tertiary/aromatic N) is 1. The standard InChI is InChI=1S/C15H16ClN3O2/c1-17-15(20)10-6-7-12(16)13(8-10)18-9-11-4-3-5-14(19-11)21-2/h3-8,18H,9H2,1-2H3,(H,17,20). The van der Waals surface area contributed by atoms with E-state index in [1.54, 1.807) is 38.4 Å². The molecule has 1 aromatic carbocycles. The summed E-state index contributed by atoms with van der Waals surface area (Å²) >= 11 is 6.13. The predicted molar refractivity (Wildman–Crippen MR) is 83.0 cm³/mol. The third-order valence-electron chi connectivity index (χ3n) is 2.91. The Kier molecular flexibility index (Phi) is 5.00. The summed E-state index contributed by atoms with van der Waals surface area (Å²) in [6.45, 7) is 0.480. The van der Waals surface area contributed by atoms with Gasteiger partial charge in [0.25, 0.3) is 5.91 Å². The number of rotatable bonds is 5. The Morgan fingerprint density at radius 3 is 2.86 bits per heavy atom. The Morgan fingerprint density at radius 1 is 1.33 bits per heavy atom. The molecule has 0 aliphatic heterocycles. The first kappa shape index (κ1) is 15.1. The number of benzene rings is 1. The van der Waals surface area contributed by atoms with Crippen LogP contribution in [0.15, 0.2) is 36.4 Å². The van der Waals surface area contributed by atoms with Gasteiger partial charge in [0.15, 0.2) is 0 Å². The largest absolute Gasteiger partial charge is 0.481 e. The van der Waals surface area contributed by atoms with Crippen LogP contribution in [0.25, 0.3) is 0 Å². The normalized spacial score (nSPS) is 10.0. The molecule has 6 heteroatoms. The molecule has 2 N–H and O–H groups in total. The third-order valence-corrected chi connectivity index (χ3v) is 3.24. The molecule has 0 saturated heterocycles. The number of carbonyl (C=O) groups is 1. The highest BCUT2D eigenvalue weighted by Crippen LogP contribution is 2.23. The fraction of sp³-hybridized carbons (Fsp3) is 0.200. The number of methoxy groups -OCH3 is 1. The molecule has 0 bridgehead atoms. The number of hydrogen-bond donors (Lipinski definition) is 2. The summed E-state index contributed by atoms with van der Waals surface area (Å²) in [4.78, 5) is 15.9. The second-order valence-corrected chi connectivity index (χ2v) is 4.71. The average molecular weight is 306 g/mol. The van der Waals surface area contributed by atoms with Crippen molar-refractivity contribution in [3.05, 3.63) is 52.7 Å². The number of ether oxygens (including phenoxy) is 1. The lowest BCUT2D eigenvalue weighted by Gasteiger charge is -2.10. The second kappa shape index (κ2) is 6.95. The van der Waals surface area contributed by atoms with Crippen LogP contribution in [0.2, 0.25) is 5.02 Å². The van der Waals surface area contributed by atoms with E-state index in [4.69, 9.17) is 16.3 Å². The number of nitrogens with one attached hydrogen (secondary N) is 2. The Morgan fingerprint density at radius 2 is 2.14 bits per heavy atom. The van der Waals surface area contributed by atoms with Gasteiger partial charge in [-0.1, -0.05) is 17.7 Å². The Hall–Kier alpha value is -2.27. The van der Waals surface area contributed by atoms with Crippen LogP contribution in [0.5, 0.6) is 5.88 Å². The fourth-order valence-electron chi connectivity index (χ4n) is 1.80. The molecule has 0 aliphatic rings. The first-order chi connectivity index (χ1) is 10.1. The van der Waals surface area contributed by atoms with Crippen molar-refractivity contribution in [3.63, 3.8) is 0 Å². The van der Waals surface area contributed by atoms with E-state index in [1.807, 2.05) is 12.1 Å². The summed E-state index contributed by atoms with van der Waals surface area (Å²) in [7, 11) is 3.16. The van der Waals surface area contributed by atoms with Crippen molar-refractivity contribution in [1.82, 2.24) is 10.3 Å². The predicted octanol–water partition coefficient (Wildman–Crippen LogP) is 2.72. The molecular formula is C15H16ClN3O2. The Balaban J connectivity index is 2.13. The van der Waals surface area contributed by atoms with E-state index in [0.717, 1.165) is 5.69 Å². The van der Waals surface area contributed by atoms with Gasteiger partial charge in [0.2, 0.25) is 5.88 Å². The van der Waals surface area contributed by atoms with Crippen molar-refractivity contribution in [2.24, 2.45) is 0 Å². The highest BCUT2D eigenvalue weighted by atomic mass is 35.5. The summed E-state index contributed by atoms with van der Waals surface area (Å²) in [5, 5.41) is 6.29. The average Bonchev–Trinajstić information content (AvgIpc) is 2.53. The molecule has 0 aliphatic carbocycles. The maximum Gasteiger partial charge on any atom is 0.251 e. The quantitative estimate of drug-likeness (QED) is 0.891.